The highest BCUT2D eigenvalue weighted by molar-refractivity contribution is 5.96. The molecule has 1 aliphatic heterocycles. The third-order valence-corrected chi connectivity index (χ3v) is 3.64. The average molecular weight is 351 g/mol. The number of esters is 1. The predicted molar refractivity (Wildman–Crippen MR) is 83.4 cm³/mol. The van der Waals surface area contributed by atoms with Crippen molar-refractivity contribution in [1.29, 1.82) is 0 Å². The second kappa shape index (κ2) is 7.12. The van der Waals surface area contributed by atoms with Crippen molar-refractivity contribution in [3.8, 4) is 17.2 Å². The molecule has 2 rings (SSSR count). The van der Waals surface area contributed by atoms with Gasteiger partial charge in [0, 0.05) is 11.8 Å². The number of benzene rings is 1. The highest BCUT2D eigenvalue weighted by Crippen LogP contribution is 2.37. The number of β-lactam (4-membered cyclic amide) rings is 1. The SMILES string of the molecule is COc1cc(C(=O)O[C@H](C)[C@H]2C(=O)N/C2=C\C(=O)O)cc(OC)c1O. The monoisotopic (exact) mass is 351 g/mol. The van der Waals surface area contributed by atoms with Gasteiger partial charge < -0.3 is 29.7 Å². The topological polar surface area (TPSA) is 131 Å². The zero-order valence-corrected chi connectivity index (χ0v) is 13.7. The number of hydrogen-bond donors (Lipinski definition) is 3. The van der Waals surface area contributed by atoms with Crippen molar-refractivity contribution in [2.24, 2.45) is 5.92 Å². The molecule has 1 aliphatic rings. The maximum absolute atomic E-state index is 12.3. The van der Waals surface area contributed by atoms with E-state index in [4.69, 9.17) is 19.3 Å². The summed E-state index contributed by atoms with van der Waals surface area (Å²) in [5.74, 6) is -3.53. The van der Waals surface area contributed by atoms with Gasteiger partial charge in [-0.3, -0.25) is 4.79 Å². The molecule has 9 nitrogen and oxygen atoms in total. The molecular weight excluding hydrogens is 334 g/mol. The summed E-state index contributed by atoms with van der Waals surface area (Å²) in [6.07, 6.45) is -0.0409. The number of aromatic hydroxyl groups is 1. The van der Waals surface area contributed by atoms with Crippen molar-refractivity contribution in [2.45, 2.75) is 13.0 Å². The second-order valence-electron chi connectivity index (χ2n) is 5.24. The van der Waals surface area contributed by atoms with E-state index in [2.05, 4.69) is 5.32 Å². The van der Waals surface area contributed by atoms with Gasteiger partial charge in [-0.25, -0.2) is 9.59 Å². The van der Waals surface area contributed by atoms with Crippen LogP contribution in [-0.2, 0) is 14.3 Å². The number of carboxylic acid groups (broad SMARTS) is 1. The van der Waals surface area contributed by atoms with Crippen LogP contribution in [0.3, 0.4) is 0 Å². The lowest BCUT2D eigenvalue weighted by Crippen LogP contribution is -2.52. The number of methoxy groups -OCH3 is 2. The fourth-order valence-electron chi connectivity index (χ4n) is 2.40. The van der Waals surface area contributed by atoms with E-state index in [1.165, 1.54) is 33.3 Å². The first-order valence-corrected chi connectivity index (χ1v) is 7.19. The minimum Gasteiger partial charge on any atom is -0.502 e. The Morgan fingerprint density at radius 3 is 2.24 bits per heavy atom. The lowest BCUT2D eigenvalue weighted by molar-refractivity contribution is -0.133. The number of phenols is 1. The molecular formula is C16H17NO8. The molecule has 1 aromatic carbocycles. The van der Waals surface area contributed by atoms with Crippen molar-refractivity contribution in [1.82, 2.24) is 5.32 Å². The molecule has 134 valence electrons. The van der Waals surface area contributed by atoms with Crippen LogP contribution < -0.4 is 14.8 Å². The fourth-order valence-corrected chi connectivity index (χ4v) is 2.40. The predicted octanol–water partition coefficient (Wildman–Crippen LogP) is 0.669. The van der Waals surface area contributed by atoms with Gasteiger partial charge in [0.1, 0.15) is 12.0 Å². The van der Waals surface area contributed by atoms with E-state index in [0.29, 0.717) is 0 Å². The number of ether oxygens (including phenoxy) is 3. The van der Waals surface area contributed by atoms with E-state index in [1.807, 2.05) is 0 Å². The van der Waals surface area contributed by atoms with Crippen LogP contribution in [0, 0.1) is 5.92 Å². The van der Waals surface area contributed by atoms with Gasteiger partial charge in [-0.05, 0) is 19.1 Å². The summed E-state index contributed by atoms with van der Waals surface area (Å²) in [7, 11) is 2.63. The maximum Gasteiger partial charge on any atom is 0.338 e. The summed E-state index contributed by atoms with van der Waals surface area (Å²) in [6, 6.07) is 2.53. The minimum absolute atomic E-state index is 0.0202. The molecule has 2 atom stereocenters. The van der Waals surface area contributed by atoms with Gasteiger partial charge in [-0.15, -0.1) is 0 Å². The smallest absolute Gasteiger partial charge is 0.338 e. The zero-order valence-electron chi connectivity index (χ0n) is 13.7. The molecule has 0 bridgehead atoms. The summed E-state index contributed by atoms with van der Waals surface area (Å²) in [5.41, 5.74) is 0.209. The summed E-state index contributed by atoms with van der Waals surface area (Å²) < 4.78 is 15.2. The molecule has 1 amide bonds. The minimum atomic E-state index is -1.22. The molecule has 0 aliphatic carbocycles. The molecule has 3 N–H and O–H groups in total. The maximum atomic E-state index is 12.3. The number of phenolic OH excluding ortho intramolecular Hbond substituents is 1. The molecule has 9 heteroatoms. The first kappa shape index (κ1) is 18.1. The Labute approximate surface area is 142 Å². The lowest BCUT2D eigenvalue weighted by atomic mass is 9.90. The van der Waals surface area contributed by atoms with E-state index < -0.39 is 29.9 Å². The fraction of sp³-hybridized carbons (Fsp3) is 0.312. The van der Waals surface area contributed by atoms with E-state index >= 15 is 0 Å². The summed E-state index contributed by atoms with van der Waals surface area (Å²) in [5, 5.41) is 20.9. The van der Waals surface area contributed by atoms with Gasteiger partial charge in [0.05, 0.1) is 19.8 Å². The third-order valence-electron chi connectivity index (χ3n) is 3.64. The van der Waals surface area contributed by atoms with Crippen LogP contribution >= 0.6 is 0 Å². The summed E-state index contributed by atoms with van der Waals surface area (Å²) in [4.78, 5) is 34.6. The Bertz CT molecular complexity index is 729. The van der Waals surface area contributed by atoms with Gasteiger partial charge in [-0.1, -0.05) is 0 Å². The second-order valence-corrected chi connectivity index (χ2v) is 5.24. The Balaban J connectivity index is 2.19. The largest absolute Gasteiger partial charge is 0.502 e. The van der Waals surface area contributed by atoms with Crippen molar-refractivity contribution in [3.63, 3.8) is 0 Å². The number of amides is 1. The lowest BCUT2D eigenvalue weighted by Gasteiger charge is -2.33. The molecule has 25 heavy (non-hydrogen) atoms. The molecule has 0 aromatic heterocycles. The Kier molecular flexibility index (Phi) is 5.16. The Morgan fingerprint density at radius 2 is 1.80 bits per heavy atom. The quantitative estimate of drug-likeness (QED) is 0.387. The molecule has 1 fully saturated rings. The summed E-state index contributed by atoms with van der Waals surface area (Å²) >= 11 is 0. The van der Waals surface area contributed by atoms with Crippen LogP contribution in [0.2, 0.25) is 0 Å². The van der Waals surface area contributed by atoms with Crippen molar-refractivity contribution < 1.29 is 38.8 Å². The van der Waals surface area contributed by atoms with Gasteiger partial charge in [0.15, 0.2) is 11.5 Å². The zero-order chi connectivity index (χ0) is 18.7. The van der Waals surface area contributed by atoms with Crippen LogP contribution in [0.5, 0.6) is 17.2 Å². The number of rotatable bonds is 6. The third kappa shape index (κ3) is 3.65. The van der Waals surface area contributed by atoms with E-state index in [9.17, 15) is 19.5 Å². The Hall–Kier alpha value is -3.23. The van der Waals surface area contributed by atoms with Crippen molar-refractivity contribution in [3.05, 3.63) is 29.5 Å². The van der Waals surface area contributed by atoms with E-state index in [0.717, 1.165) is 6.08 Å². The highest BCUT2D eigenvalue weighted by Gasteiger charge is 2.41. The summed E-state index contributed by atoms with van der Waals surface area (Å²) in [6.45, 7) is 1.48. The molecule has 0 radical (unpaired) electrons. The van der Waals surface area contributed by atoms with Crippen LogP contribution in [0.4, 0.5) is 0 Å². The number of carboxylic acids is 1. The van der Waals surface area contributed by atoms with Crippen molar-refractivity contribution >= 4 is 17.8 Å². The number of carbonyl (C=O) groups excluding carboxylic acids is 2. The number of nitrogens with one attached hydrogen (secondary N) is 1. The van der Waals surface area contributed by atoms with Crippen LogP contribution in [-0.4, -0.2) is 48.4 Å². The van der Waals surface area contributed by atoms with Gasteiger partial charge in [0.25, 0.3) is 0 Å². The molecule has 0 unspecified atom stereocenters. The molecule has 1 saturated heterocycles. The van der Waals surface area contributed by atoms with Gasteiger partial charge >= 0.3 is 11.9 Å². The molecule has 1 aromatic rings. The first-order valence-electron chi connectivity index (χ1n) is 7.19. The first-order chi connectivity index (χ1) is 11.8. The van der Waals surface area contributed by atoms with Gasteiger partial charge in [0.2, 0.25) is 11.7 Å². The number of aliphatic carboxylic acids is 1. The average Bonchev–Trinajstić information content (AvgIpc) is 2.53. The molecule has 1 heterocycles. The van der Waals surface area contributed by atoms with Crippen LogP contribution in [0.15, 0.2) is 23.9 Å². The molecule has 0 saturated carbocycles. The standard InChI is InChI=1S/C16H17NO8/c1-7(13-9(6-12(18)19)17-15(13)21)25-16(22)8-4-10(23-2)14(20)11(5-8)24-3/h4-7,13,20H,1-3H3,(H,17,21)(H,18,19)/b9-6-/t7-,13-/m1/s1. The Morgan fingerprint density at radius 1 is 1.24 bits per heavy atom. The normalized spacial score (nSPS) is 18.8. The molecule has 0 spiro atoms. The highest BCUT2D eigenvalue weighted by atomic mass is 16.5. The number of carbonyl (C=O) groups is 3. The van der Waals surface area contributed by atoms with Gasteiger partial charge in [-0.2, -0.15) is 0 Å². The van der Waals surface area contributed by atoms with E-state index in [1.54, 1.807) is 0 Å². The van der Waals surface area contributed by atoms with Crippen LogP contribution in [0.25, 0.3) is 0 Å². The number of hydrogen-bond acceptors (Lipinski definition) is 7. The van der Waals surface area contributed by atoms with E-state index in [-0.39, 0.29) is 28.5 Å². The van der Waals surface area contributed by atoms with Crippen LogP contribution in [0.1, 0.15) is 17.3 Å². The van der Waals surface area contributed by atoms with Crippen molar-refractivity contribution in [2.75, 3.05) is 14.2 Å².